The minimum atomic E-state index is -4.48. The van der Waals surface area contributed by atoms with Gasteiger partial charge in [0.1, 0.15) is 0 Å². The van der Waals surface area contributed by atoms with Crippen molar-refractivity contribution < 1.29 is 18.0 Å². The van der Waals surface area contributed by atoms with E-state index in [0.717, 1.165) is 23.4 Å². The Morgan fingerprint density at radius 2 is 1.88 bits per heavy atom. The van der Waals surface area contributed by atoms with Crippen LogP contribution in [0.25, 0.3) is 11.3 Å². The molecule has 0 aliphatic rings. The Labute approximate surface area is 147 Å². The number of benzene rings is 1. The lowest BCUT2D eigenvalue weighted by Crippen LogP contribution is -2.27. The second-order valence-electron chi connectivity index (χ2n) is 5.53. The Bertz CT molecular complexity index is 891. The number of pyridine rings is 1. The Morgan fingerprint density at radius 1 is 1.12 bits per heavy atom. The van der Waals surface area contributed by atoms with Gasteiger partial charge in [0.15, 0.2) is 0 Å². The predicted molar refractivity (Wildman–Crippen MR) is 89.2 cm³/mol. The lowest BCUT2D eigenvalue weighted by atomic mass is 10.1. The molecule has 0 spiro atoms. The molecule has 8 heteroatoms. The number of nitrogens with zero attached hydrogens (tertiary/aromatic N) is 3. The fourth-order valence-electron chi connectivity index (χ4n) is 2.39. The fraction of sp³-hybridized carbons (Fsp3) is 0.167. The number of hydrogen-bond acceptors (Lipinski definition) is 3. The molecule has 5 nitrogen and oxygen atoms in total. The van der Waals surface area contributed by atoms with Crippen LogP contribution in [0.4, 0.5) is 13.2 Å². The van der Waals surface area contributed by atoms with E-state index in [2.05, 4.69) is 15.4 Å². The van der Waals surface area contributed by atoms with Crippen LogP contribution in [0.15, 0.2) is 61.1 Å². The van der Waals surface area contributed by atoms with Crippen LogP contribution in [-0.4, -0.2) is 27.2 Å². The normalized spacial score (nSPS) is 11.3. The summed E-state index contributed by atoms with van der Waals surface area (Å²) in [6, 6.07) is 9.84. The molecule has 0 fully saturated rings. The summed E-state index contributed by atoms with van der Waals surface area (Å²) in [6.45, 7) is 0.641. The summed E-state index contributed by atoms with van der Waals surface area (Å²) in [7, 11) is 0. The molecule has 1 N–H and O–H groups in total. The first-order chi connectivity index (χ1) is 12.4. The zero-order valence-corrected chi connectivity index (χ0v) is 13.6. The van der Waals surface area contributed by atoms with Crippen molar-refractivity contribution in [2.75, 3.05) is 6.54 Å². The van der Waals surface area contributed by atoms with E-state index in [4.69, 9.17) is 0 Å². The van der Waals surface area contributed by atoms with Gasteiger partial charge in [-0.3, -0.25) is 14.5 Å². The number of amides is 1. The molecule has 3 aromatic rings. The van der Waals surface area contributed by atoms with Gasteiger partial charge >= 0.3 is 6.18 Å². The molecular weight excluding hydrogens is 345 g/mol. The Hall–Kier alpha value is -3.16. The highest BCUT2D eigenvalue weighted by molar-refractivity contribution is 5.94. The predicted octanol–water partition coefficient (Wildman–Crippen LogP) is 3.39. The largest absolute Gasteiger partial charge is 0.416 e. The number of hydrogen-bond donors (Lipinski definition) is 1. The number of carbonyl (C=O) groups excluding carboxylic acids is 1. The van der Waals surface area contributed by atoms with Crippen LogP contribution in [0.1, 0.15) is 15.9 Å². The number of halogens is 3. The molecule has 134 valence electrons. The molecule has 0 saturated carbocycles. The molecule has 0 aliphatic carbocycles. The third-order valence-electron chi connectivity index (χ3n) is 3.70. The first kappa shape index (κ1) is 17.7. The molecule has 0 radical (unpaired) electrons. The summed E-state index contributed by atoms with van der Waals surface area (Å²) in [5.41, 5.74) is 0.820. The lowest BCUT2D eigenvalue weighted by Gasteiger charge is -2.09. The van der Waals surface area contributed by atoms with Crippen LogP contribution < -0.4 is 5.32 Å². The van der Waals surface area contributed by atoms with Crippen LogP contribution in [0.3, 0.4) is 0 Å². The monoisotopic (exact) mass is 360 g/mol. The summed E-state index contributed by atoms with van der Waals surface area (Å²) >= 11 is 0. The van der Waals surface area contributed by atoms with E-state index in [0.29, 0.717) is 6.54 Å². The minimum Gasteiger partial charge on any atom is -0.350 e. The maximum atomic E-state index is 12.7. The summed E-state index contributed by atoms with van der Waals surface area (Å²) in [5, 5.41) is 6.98. The highest BCUT2D eigenvalue weighted by Gasteiger charge is 2.30. The van der Waals surface area contributed by atoms with Crippen molar-refractivity contribution in [3.05, 3.63) is 72.2 Å². The van der Waals surface area contributed by atoms with E-state index in [1.54, 1.807) is 23.3 Å². The highest BCUT2D eigenvalue weighted by atomic mass is 19.4. The van der Waals surface area contributed by atoms with Gasteiger partial charge in [0.25, 0.3) is 5.91 Å². The molecule has 1 aromatic carbocycles. The standard InChI is InChI=1S/C18H15F3N4O/c19-18(20,21)15-3-1-2-14(12-15)17(26)23-9-11-25-10-6-16(24-25)13-4-7-22-8-5-13/h1-8,10,12H,9,11H2,(H,23,26). The third-order valence-corrected chi connectivity index (χ3v) is 3.70. The first-order valence-corrected chi connectivity index (χ1v) is 7.83. The molecular formula is C18H15F3N4O. The summed E-state index contributed by atoms with van der Waals surface area (Å²) in [5.74, 6) is -0.558. The number of aromatic nitrogens is 3. The second kappa shape index (κ2) is 7.38. The highest BCUT2D eigenvalue weighted by Crippen LogP contribution is 2.29. The number of carbonyl (C=O) groups is 1. The van der Waals surface area contributed by atoms with Gasteiger partial charge in [-0.05, 0) is 36.4 Å². The molecule has 3 rings (SSSR count). The Balaban J connectivity index is 1.57. The van der Waals surface area contributed by atoms with E-state index in [1.807, 2.05) is 18.2 Å². The average Bonchev–Trinajstić information content (AvgIpc) is 3.11. The van der Waals surface area contributed by atoms with Crippen molar-refractivity contribution in [1.29, 1.82) is 0 Å². The Morgan fingerprint density at radius 3 is 2.62 bits per heavy atom. The maximum Gasteiger partial charge on any atom is 0.416 e. The zero-order chi connectivity index (χ0) is 18.6. The molecule has 2 aromatic heterocycles. The van der Waals surface area contributed by atoms with Crippen molar-refractivity contribution >= 4 is 5.91 Å². The van der Waals surface area contributed by atoms with Crippen LogP contribution in [-0.2, 0) is 12.7 Å². The number of rotatable bonds is 5. The quantitative estimate of drug-likeness (QED) is 0.759. The number of alkyl halides is 3. The van der Waals surface area contributed by atoms with Gasteiger partial charge in [-0.15, -0.1) is 0 Å². The SMILES string of the molecule is O=C(NCCn1ccc(-c2ccncc2)n1)c1cccc(C(F)(F)F)c1. The topological polar surface area (TPSA) is 59.8 Å². The van der Waals surface area contributed by atoms with E-state index in [1.165, 1.54) is 12.1 Å². The summed E-state index contributed by atoms with van der Waals surface area (Å²) in [6.07, 6.45) is 0.633. The molecule has 0 aliphatic heterocycles. The molecule has 2 heterocycles. The zero-order valence-electron chi connectivity index (χ0n) is 13.6. The van der Waals surface area contributed by atoms with Crippen LogP contribution in [0, 0.1) is 0 Å². The maximum absolute atomic E-state index is 12.7. The van der Waals surface area contributed by atoms with E-state index >= 15 is 0 Å². The molecule has 0 atom stereocenters. The fourth-order valence-corrected chi connectivity index (χ4v) is 2.39. The van der Waals surface area contributed by atoms with E-state index in [-0.39, 0.29) is 12.1 Å². The lowest BCUT2D eigenvalue weighted by molar-refractivity contribution is -0.137. The third kappa shape index (κ3) is 4.27. The molecule has 0 unspecified atom stereocenters. The van der Waals surface area contributed by atoms with Gasteiger partial charge in [-0.1, -0.05) is 6.07 Å². The van der Waals surface area contributed by atoms with Gasteiger partial charge in [-0.25, -0.2) is 0 Å². The van der Waals surface area contributed by atoms with Gasteiger partial charge < -0.3 is 5.32 Å². The molecule has 0 saturated heterocycles. The van der Waals surface area contributed by atoms with Crippen LogP contribution in [0.5, 0.6) is 0 Å². The van der Waals surface area contributed by atoms with Crippen molar-refractivity contribution in [3.8, 4) is 11.3 Å². The van der Waals surface area contributed by atoms with Crippen molar-refractivity contribution in [2.24, 2.45) is 0 Å². The van der Waals surface area contributed by atoms with Gasteiger partial charge in [0.2, 0.25) is 0 Å². The Kier molecular flexibility index (Phi) is 5.01. The van der Waals surface area contributed by atoms with Crippen LogP contribution in [0.2, 0.25) is 0 Å². The molecule has 26 heavy (non-hydrogen) atoms. The van der Waals surface area contributed by atoms with Crippen molar-refractivity contribution in [2.45, 2.75) is 12.7 Å². The van der Waals surface area contributed by atoms with Gasteiger partial charge in [0.05, 0.1) is 17.8 Å². The summed E-state index contributed by atoms with van der Waals surface area (Å²) < 4.78 is 39.8. The molecule has 1 amide bonds. The van der Waals surface area contributed by atoms with Gasteiger partial charge in [0, 0.05) is 36.3 Å². The van der Waals surface area contributed by atoms with E-state index in [9.17, 15) is 18.0 Å². The van der Waals surface area contributed by atoms with Crippen LogP contribution >= 0.6 is 0 Å². The number of nitrogens with one attached hydrogen (secondary N) is 1. The van der Waals surface area contributed by atoms with E-state index < -0.39 is 17.6 Å². The van der Waals surface area contributed by atoms with Crippen molar-refractivity contribution in [3.63, 3.8) is 0 Å². The van der Waals surface area contributed by atoms with Gasteiger partial charge in [-0.2, -0.15) is 18.3 Å². The average molecular weight is 360 g/mol. The summed E-state index contributed by atoms with van der Waals surface area (Å²) in [4.78, 5) is 16.0. The second-order valence-corrected chi connectivity index (χ2v) is 5.53. The van der Waals surface area contributed by atoms with Crippen molar-refractivity contribution in [1.82, 2.24) is 20.1 Å². The minimum absolute atomic E-state index is 0.0298. The molecule has 0 bridgehead atoms. The smallest absolute Gasteiger partial charge is 0.350 e. The first-order valence-electron chi connectivity index (χ1n) is 7.83.